The molecule has 0 saturated heterocycles. The van der Waals surface area contributed by atoms with Gasteiger partial charge in [0.05, 0.1) is 13.1 Å². The number of hydrogen-bond acceptors (Lipinski definition) is 2. The van der Waals surface area contributed by atoms with Crippen molar-refractivity contribution >= 4 is 5.97 Å². The Labute approximate surface area is 107 Å². The van der Waals surface area contributed by atoms with Gasteiger partial charge in [0.25, 0.3) is 0 Å². The van der Waals surface area contributed by atoms with E-state index in [-0.39, 0.29) is 0 Å². The average Bonchev–Trinajstić information content (AvgIpc) is 2.24. The third kappa shape index (κ3) is 5.25. The van der Waals surface area contributed by atoms with E-state index in [9.17, 15) is 22.4 Å². The zero-order valence-corrected chi connectivity index (χ0v) is 10.1. The van der Waals surface area contributed by atoms with Gasteiger partial charge in [0.15, 0.2) is 0 Å². The number of halogens is 4. The summed E-state index contributed by atoms with van der Waals surface area (Å²) in [5, 5.41) is 8.65. The van der Waals surface area contributed by atoms with Crippen LogP contribution >= 0.6 is 0 Å². The maximum atomic E-state index is 13.0. The molecule has 3 nitrogen and oxygen atoms in total. The highest BCUT2D eigenvalue weighted by atomic mass is 19.4. The highest BCUT2D eigenvalue weighted by molar-refractivity contribution is 5.69. The van der Waals surface area contributed by atoms with E-state index in [4.69, 9.17) is 5.11 Å². The van der Waals surface area contributed by atoms with Crippen LogP contribution in [-0.4, -0.2) is 35.2 Å². The molecule has 0 aliphatic rings. The van der Waals surface area contributed by atoms with Crippen LogP contribution in [-0.2, 0) is 4.79 Å². The molecule has 1 N–H and O–H groups in total. The predicted molar refractivity (Wildman–Crippen MR) is 60.1 cm³/mol. The molecule has 1 atom stereocenters. The minimum Gasteiger partial charge on any atom is -0.480 e. The molecule has 0 aromatic heterocycles. The predicted octanol–water partition coefficient (Wildman–Crippen LogP) is 2.84. The Morgan fingerprint density at radius 1 is 1.42 bits per heavy atom. The van der Waals surface area contributed by atoms with Gasteiger partial charge in [-0.3, -0.25) is 9.69 Å². The number of alkyl halides is 3. The Hall–Kier alpha value is -1.63. The molecule has 0 amide bonds. The topological polar surface area (TPSA) is 40.5 Å². The van der Waals surface area contributed by atoms with Crippen molar-refractivity contribution < 1.29 is 27.5 Å². The van der Waals surface area contributed by atoms with Gasteiger partial charge in [-0.1, -0.05) is 12.1 Å². The normalized spacial score (nSPS) is 13.6. The van der Waals surface area contributed by atoms with Gasteiger partial charge in [-0.2, -0.15) is 13.2 Å². The van der Waals surface area contributed by atoms with Crippen LogP contribution in [0.15, 0.2) is 24.3 Å². The fraction of sp³-hybridized carbons (Fsp3) is 0.417. The summed E-state index contributed by atoms with van der Waals surface area (Å²) in [4.78, 5) is 11.3. The summed E-state index contributed by atoms with van der Waals surface area (Å²) in [6, 6.07) is 4.23. The number of nitrogens with zero attached hydrogens (tertiary/aromatic N) is 1. The number of carbonyl (C=O) groups is 1. The van der Waals surface area contributed by atoms with Gasteiger partial charge >= 0.3 is 12.1 Å². The van der Waals surface area contributed by atoms with E-state index in [0.29, 0.717) is 5.56 Å². The van der Waals surface area contributed by atoms with Crippen LogP contribution in [0, 0.1) is 5.82 Å². The van der Waals surface area contributed by atoms with Crippen LogP contribution in [0.1, 0.15) is 18.5 Å². The number of carboxylic acids is 1. The zero-order chi connectivity index (χ0) is 14.6. The average molecular weight is 279 g/mol. The molecule has 0 saturated carbocycles. The van der Waals surface area contributed by atoms with E-state index in [0.717, 1.165) is 11.0 Å². The van der Waals surface area contributed by atoms with Crippen LogP contribution in [0.25, 0.3) is 0 Å². The molecule has 0 spiro atoms. The molecule has 0 aliphatic carbocycles. The van der Waals surface area contributed by atoms with Crippen molar-refractivity contribution in [2.45, 2.75) is 19.1 Å². The van der Waals surface area contributed by atoms with Gasteiger partial charge in [0.2, 0.25) is 0 Å². The first-order valence-electron chi connectivity index (χ1n) is 5.47. The van der Waals surface area contributed by atoms with Crippen molar-refractivity contribution in [1.29, 1.82) is 0 Å². The molecule has 106 valence electrons. The quantitative estimate of drug-likeness (QED) is 0.843. The lowest BCUT2D eigenvalue weighted by Crippen LogP contribution is -2.39. The Kier molecular flexibility index (Phi) is 4.88. The van der Waals surface area contributed by atoms with E-state index in [1.54, 1.807) is 0 Å². The van der Waals surface area contributed by atoms with E-state index >= 15 is 0 Å². The molecule has 1 rings (SSSR count). The summed E-state index contributed by atoms with van der Waals surface area (Å²) in [6.45, 7) is -0.725. The molecule has 0 radical (unpaired) electrons. The molecular formula is C12H13F4NO2. The number of benzene rings is 1. The monoisotopic (exact) mass is 279 g/mol. The minimum absolute atomic E-state index is 0.297. The molecule has 0 bridgehead atoms. The molecule has 0 fully saturated rings. The minimum atomic E-state index is -4.52. The van der Waals surface area contributed by atoms with Crippen LogP contribution < -0.4 is 0 Å². The van der Waals surface area contributed by atoms with Gasteiger partial charge in [-0.25, -0.2) is 4.39 Å². The third-order valence-corrected chi connectivity index (χ3v) is 2.60. The number of hydrogen-bond donors (Lipinski definition) is 1. The summed E-state index contributed by atoms with van der Waals surface area (Å²) in [7, 11) is 0. The Bertz CT molecular complexity index is 448. The summed E-state index contributed by atoms with van der Waals surface area (Å²) < 4.78 is 50.2. The molecule has 1 aromatic rings. The first-order valence-corrected chi connectivity index (χ1v) is 5.47. The van der Waals surface area contributed by atoms with E-state index in [2.05, 4.69) is 0 Å². The molecule has 1 aromatic carbocycles. The Morgan fingerprint density at radius 2 is 2.05 bits per heavy atom. The van der Waals surface area contributed by atoms with Crippen LogP contribution in [0.5, 0.6) is 0 Å². The van der Waals surface area contributed by atoms with E-state index in [1.165, 1.54) is 25.1 Å². The van der Waals surface area contributed by atoms with Gasteiger partial charge in [0, 0.05) is 6.04 Å². The summed E-state index contributed by atoms with van der Waals surface area (Å²) in [5.41, 5.74) is 0.297. The van der Waals surface area contributed by atoms with Crippen molar-refractivity contribution in [3.8, 4) is 0 Å². The number of aliphatic carboxylic acids is 1. The molecule has 0 aliphatic heterocycles. The second-order valence-corrected chi connectivity index (χ2v) is 4.14. The highest BCUT2D eigenvalue weighted by Crippen LogP contribution is 2.25. The van der Waals surface area contributed by atoms with Crippen molar-refractivity contribution in [1.82, 2.24) is 4.90 Å². The second-order valence-electron chi connectivity index (χ2n) is 4.14. The standard InChI is InChI=1S/C12H13F4NO2/c1-8(9-3-2-4-10(13)5-9)17(6-11(18)19)7-12(14,15)16/h2-5,8H,6-7H2,1H3,(H,18,19). The number of rotatable bonds is 5. The molecule has 19 heavy (non-hydrogen) atoms. The lowest BCUT2D eigenvalue weighted by Gasteiger charge is -2.28. The highest BCUT2D eigenvalue weighted by Gasteiger charge is 2.34. The molecular weight excluding hydrogens is 266 g/mol. The van der Waals surface area contributed by atoms with Crippen LogP contribution in [0.4, 0.5) is 17.6 Å². The maximum Gasteiger partial charge on any atom is 0.401 e. The summed E-state index contributed by atoms with van der Waals surface area (Å²) >= 11 is 0. The van der Waals surface area contributed by atoms with Crippen molar-refractivity contribution in [2.24, 2.45) is 0 Å². The molecule has 1 unspecified atom stereocenters. The zero-order valence-electron chi connectivity index (χ0n) is 10.1. The van der Waals surface area contributed by atoms with Crippen molar-refractivity contribution in [2.75, 3.05) is 13.1 Å². The SMILES string of the molecule is CC(c1cccc(F)c1)N(CC(=O)O)CC(F)(F)F. The molecule has 0 heterocycles. The largest absolute Gasteiger partial charge is 0.480 e. The van der Waals surface area contributed by atoms with Gasteiger partial charge < -0.3 is 5.11 Å². The lowest BCUT2D eigenvalue weighted by atomic mass is 10.1. The van der Waals surface area contributed by atoms with E-state index in [1.807, 2.05) is 0 Å². The fourth-order valence-electron chi connectivity index (χ4n) is 1.71. The Balaban J connectivity index is 2.93. The Morgan fingerprint density at radius 3 is 2.53 bits per heavy atom. The van der Waals surface area contributed by atoms with Crippen molar-refractivity contribution in [3.63, 3.8) is 0 Å². The first kappa shape index (κ1) is 15.4. The fourth-order valence-corrected chi connectivity index (χ4v) is 1.71. The van der Waals surface area contributed by atoms with Crippen molar-refractivity contribution in [3.05, 3.63) is 35.6 Å². The van der Waals surface area contributed by atoms with Gasteiger partial charge in [-0.05, 0) is 24.6 Å². The van der Waals surface area contributed by atoms with E-state index < -0.39 is 37.1 Å². The van der Waals surface area contributed by atoms with Gasteiger partial charge in [-0.15, -0.1) is 0 Å². The third-order valence-electron chi connectivity index (χ3n) is 2.60. The first-order chi connectivity index (χ1) is 8.69. The maximum absolute atomic E-state index is 13.0. The second kappa shape index (κ2) is 6.01. The van der Waals surface area contributed by atoms with Crippen LogP contribution in [0.3, 0.4) is 0 Å². The van der Waals surface area contributed by atoms with Gasteiger partial charge in [0.1, 0.15) is 5.82 Å². The number of carboxylic acid groups (broad SMARTS) is 1. The van der Waals surface area contributed by atoms with Crippen LogP contribution in [0.2, 0.25) is 0 Å². The smallest absolute Gasteiger partial charge is 0.401 e. The molecule has 7 heteroatoms. The summed E-state index contributed by atoms with van der Waals surface area (Å²) in [6.07, 6.45) is -4.52. The summed E-state index contributed by atoms with van der Waals surface area (Å²) in [5.74, 6) is -1.95. The lowest BCUT2D eigenvalue weighted by molar-refractivity contribution is -0.157.